The van der Waals surface area contributed by atoms with E-state index in [0.29, 0.717) is 5.69 Å². The fourth-order valence-corrected chi connectivity index (χ4v) is 1.83. The van der Waals surface area contributed by atoms with Crippen molar-refractivity contribution in [3.05, 3.63) is 24.3 Å². The zero-order valence-electron chi connectivity index (χ0n) is 11.5. The average molecular weight is 285 g/mol. The topological polar surface area (TPSA) is 39.1 Å². The van der Waals surface area contributed by atoms with Crippen LogP contribution in [0.25, 0.3) is 0 Å². The minimum absolute atomic E-state index is 0.440. The maximum Gasteiger partial charge on any atom is 0.406 e. The smallest absolute Gasteiger partial charge is 0.383 e. The van der Waals surface area contributed by atoms with Crippen molar-refractivity contribution in [2.24, 2.45) is 5.92 Å². The van der Waals surface area contributed by atoms with Crippen LogP contribution in [0.3, 0.4) is 0 Å². The van der Waals surface area contributed by atoms with Gasteiger partial charge in [0.25, 0.3) is 0 Å². The Morgan fingerprint density at radius 2 is 1.75 bits per heavy atom. The Hall–Kier alpha value is -1.90. The predicted octanol–water partition coefficient (Wildman–Crippen LogP) is 3.65. The summed E-state index contributed by atoms with van der Waals surface area (Å²) in [6.45, 7) is 5.37. The Labute approximate surface area is 117 Å². The molecule has 0 amide bonds. The largest absolute Gasteiger partial charge is 0.406 e. The van der Waals surface area contributed by atoms with Gasteiger partial charge in [0, 0.05) is 31.0 Å². The summed E-state index contributed by atoms with van der Waals surface area (Å²) in [5.41, 5.74) is 1.60. The fourth-order valence-electron chi connectivity index (χ4n) is 1.83. The minimum Gasteiger partial charge on any atom is -0.383 e. The first-order chi connectivity index (χ1) is 9.42. The third kappa shape index (κ3) is 4.34. The number of nitrogens with zero attached hydrogens (tertiary/aromatic N) is 2. The number of rotatable bonds is 6. The molecule has 1 rings (SSSR count). The van der Waals surface area contributed by atoms with E-state index in [1.54, 1.807) is 12.1 Å². The average Bonchev–Trinajstić information content (AvgIpc) is 2.41. The first-order valence-corrected chi connectivity index (χ1v) is 6.47. The lowest BCUT2D eigenvalue weighted by atomic mass is 10.1. The van der Waals surface area contributed by atoms with Gasteiger partial charge in [0.1, 0.15) is 0 Å². The summed E-state index contributed by atoms with van der Waals surface area (Å²) >= 11 is 0. The van der Waals surface area contributed by atoms with E-state index in [1.807, 2.05) is 26.0 Å². The summed E-state index contributed by atoms with van der Waals surface area (Å²) in [6.07, 6.45) is -4.50. The Bertz CT molecular complexity index is 444. The third-order valence-electron chi connectivity index (χ3n) is 3.06. The van der Waals surface area contributed by atoms with Crippen LogP contribution in [0.1, 0.15) is 13.8 Å². The quantitative estimate of drug-likeness (QED) is 0.867. The van der Waals surface area contributed by atoms with Crippen LogP contribution in [0.15, 0.2) is 24.3 Å². The standard InChI is InChI=1S/C14H18F3N3/c1-3-20(4-2)13-7-5-12(6-8-13)19-10-11(9-18)14(15,16)17/h5-8,11,19H,3-4,10H2,1-2H3. The second-order valence-electron chi connectivity index (χ2n) is 4.32. The van der Waals surface area contributed by atoms with Gasteiger partial charge in [0.2, 0.25) is 0 Å². The molecule has 0 aliphatic heterocycles. The molecule has 1 aromatic carbocycles. The number of nitrogens with one attached hydrogen (secondary N) is 1. The van der Waals surface area contributed by atoms with Gasteiger partial charge >= 0.3 is 6.18 Å². The van der Waals surface area contributed by atoms with Crippen LogP contribution in [0, 0.1) is 17.2 Å². The molecule has 0 aromatic heterocycles. The summed E-state index contributed by atoms with van der Waals surface area (Å²) in [6, 6.07) is 8.41. The summed E-state index contributed by atoms with van der Waals surface area (Å²) in [5.74, 6) is -2.00. The van der Waals surface area contributed by atoms with Crippen molar-refractivity contribution >= 4 is 11.4 Å². The van der Waals surface area contributed by atoms with Crippen LogP contribution in [-0.4, -0.2) is 25.8 Å². The van der Waals surface area contributed by atoms with Crippen molar-refractivity contribution in [2.45, 2.75) is 20.0 Å². The molecule has 0 aliphatic carbocycles. The number of hydrogen-bond donors (Lipinski definition) is 1. The molecule has 3 nitrogen and oxygen atoms in total. The Balaban J connectivity index is 2.65. The van der Waals surface area contributed by atoms with E-state index in [9.17, 15) is 13.2 Å². The number of hydrogen-bond acceptors (Lipinski definition) is 3. The zero-order valence-corrected chi connectivity index (χ0v) is 11.5. The summed E-state index contributed by atoms with van der Waals surface area (Å²) < 4.78 is 37.2. The van der Waals surface area contributed by atoms with Gasteiger partial charge in [0.05, 0.1) is 6.07 Å². The molecule has 0 fully saturated rings. The normalized spacial score (nSPS) is 12.6. The molecular weight excluding hydrogens is 267 g/mol. The van der Waals surface area contributed by atoms with E-state index in [1.165, 1.54) is 6.07 Å². The van der Waals surface area contributed by atoms with Gasteiger partial charge < -0.3 is 10.2 Å². The summed E-state index contributed by atoms with van der Waals surface area (Å²) in [7, 11) is 0. The molecule has 1 unspecified atom stereocenters. The van der Waals surface area contributed by atoms with E-state index in [4.69, 9.17) is 5.26 Å². The number of benzene rings is 1. The molecule has 0 saturated carbocycles. The zero-order chi connectivity index (χ0) is 15.2. The molecule has 1 aromatic rings. The van der Waals surface area contributed by atoms with Crippen LogP contribution in [-0.2, 0) is 0 Å². The van der Waals surface area contributed by atoms with Crippen LogP contribution >= 0.6 is 0 Å². The maximum absolute atomic E-state index is 12.4. The third-order valence-corrected chi connectivity index (χ3v) is 3.06. The molecule has 1 atom stereocenters. The van der Waals surface area contributed by atoms with E-state index in [-0.39, 0.29) is 0 Å². The summed E-state index contributed by atoms with van der Waals surface area (Å²) in [5, 5.41) is 11.1. The fraction of sp³-hybridized carbons (Fsp3) is 0.500. The Morgan fingerprint density at radius 1 is 1.20 bits per heavy atom. The predicted molar refractivity (Wildman–Crippen MR) is 73.7 cm³/mol. The summed E-state index contributed by atoms with van der Waals surface area (Å²) in [4.78, 5) is 2.14. The van der Waals surface area contributed by atoms with Gasteiger partial charge in [-0.25, -0.2) is 0 Å². The first-order valence-electron chi connectivity index (χ1n) is 6.47. The molecule has 0 aliphatic rings. The van der Waals surface area contributed by atoms with E-state index >= 15 is 0 Å². The van der Waals surface area contributed by atoms with Crippen molar-refractivity contribution in [1.82, 2.24) is 0 Å². The Kier molecular flexibility index (Phi) is 5.68. The van der Waals surface area contributed by atoms with Crippen LogP contribution in [0.2, 0.25) is 0 Å². The molecule has 0 bridgehead atoms. The number of nitriles is 1. The minimum atomic E-state index is -4.50. The second-order valence-corrected chi connectivity index (χ2v) is 4.32. The molecule has 0 spiro atoms. The van der Waals surface area contributed by atoms with Crippen molar-refractivity contribution in [3.8, 4) is 6.07 Å². The first kappa shape index (κ1) is 16.2. The molecule has 0 heterocycles. The van der Waals surface area contributed by atoms with Crippen LogP contribution < -0.4 is 10.2 Å². The Morgan fingerprint density at radius 3 is 2.15 bits per heavy atom. The van der Waals surface area contributed by atoms with Crippen LogP contribution in [0.4, 0.5) is 24.5 Å². The number of alkyl halides is 3. The molecule has 0 saturated heterocycles. The lowest BCUT2D eigenvalue weighted by Crippen LogP contribution is -2.28. The van der Waals surface area contributed by atoms with Gasteiger partial charge in [0.15, 0.2) is 5.92 Å². The van der Waals surface area contributed by atoms with Gasteiger partial charge in [-0.1, -0.05) is 0 Å². The molecule has 0 radical (unpaired) electrons. The highest BCUT2D eigenvalue weighted by molar-refractivity contribution is 5.55. The van der Waals surface area contributed by atoms with Crippen LogP contribution in [0.5, 0.6) is 0 Å². The lowest BCUT2D eigenvalue weighted by Gasteiger charge is -2.21. The molecule has 6 heteroatoms. The van der Waals surface area contributed by atoms with Gasteiger partial charge in [-0.15, -0.1) is 0 Å². The molecule has 110 valence electrons. The number of halogens is 3. The van der Waals surface area contributed by atoms with E-state index in [0.717, 1.165) is 18.8 Å². The van der Waals surface area contributed by atoms with E-state index < -0.39 is 18.6 Å². The molecule has 20 heavy (non-hydrogen) atoms. The van der Waals surface area contributed by atoms with Gasteiger partial charge in [-0.05, 0) is 38.1 Å². The highest BCUT2D eigenvalue weighted by atomic mass is 19.4. The highest BCUT2D eigenvalue weighted by Gasteiger charge is 2.39. The van der Waals surface area contributed by atoms with Crippen molar-refractivity contribution < 1.29 is 13.2 Å². The van der Waals surface area contributed by atoms with E-state index in [2.05, 4.69) is 10.2 Å². The monoisotopic (exact) mass is 285 g/mol. The highest BCUT2D eigenvalue weighted by Crippen LogP contribution is 2.26. The SMILES string of the molecule is CCN(CC)c1ccc(NCC(C#N)C(F)(F)F)cc1. The van der Waals surface area contributed by atoms with Crippen molar-refractivity contribution in [2.75, 3.05) is 29.9 Å². The van der Waals surface area contributed by atoms with Crippen molar-refractivity contribution in [3.63, 3.8) is 0 Å². The lowest BCUT2D eigenvalue weighted by molar-refractivity contribution is -0.155. The molecular formula is C14H18F3N3. The van der Waals surface area contributed by atoms with Crippen molar-refractivity contribution in [1.29, 1.82) is 5.26 Å². The maximum atomic E-state index is 12.4. The van der Waals surface area contributed by atoms with Gasteiger partial charge in [-0.3, -0.25) is 0 Å². The van der Waals surface area contributed by atoms with Gasteiger partial charge in [-0.2, -0.15) is 18.4 Å². The number of anilines is 2. The second kappa shape index (κ2) is 7.04. The molecule has 1 N–H and O–H groups in total.